The van der Waals surface area contributed by atoms with Crippen molar-refractivity contribution in [2.24, 2.45) is 7.05 Å². The topological polar surface area (TPSA) is 69.9 Å². The van der Waals surface area contributed by atoms with E-state index < -0.39 is 0 Å². The van der Waals surface area contributed by atoms with Crippen LogP contribution in [0.25, 0.3) is 10.9 Å². The molecule has 0 radical (unpaired) electrons. The van der Waals surface area contributed by atoms with E-state index in [0.717, 1.165) is 10.9 Å². The van der Waals surface area contributed by atoms with Gasteiger partial charge in [0.1, 0.15) is 0 Å². The second-order valence-electron chi connectivity index (χ2n) is 2.75. The molecule has 1 aromatic carbocycles. The largest absolute Gasteiger partial charge is 0.398 e. The van der Waals surface area contributed by atoms with Crippen molar-refractivity contribution in [3.05, 3.63) is 18.2 Å². The average molecular weight is 162 g/mol. The Bertz CT molecular complexity index is 430. The van der Waals surface area contributed by atoms with Gasteiger partial charge in [-0.15, -0.1) is 0 Å². The van der Waals surface area contributed by atoms with Crippen molar-refractivity contribution in [2.45, 2.75) is 0 Å². The van der Waals surface area contributed by atoms with Crippen molar-refractivity contribution >= 4 is 22.4 Å². The molecule has 12 heavy (non-hydrogen) atoms. The summed E-state index contributed by atoms with van der Waals surface area (Å²) in [5.41, 5.74) is 13.0. The lowest BCUT2D eigenvalue weighted by Gasteiger charge is -1.95. The maximum Gasteiger partial charge on any atom is 0.155 e. The molecule has 2 rings (SSSR count). The molecule has 4 N–H and O–H groups in total. The quantitative estimate of drug-likeness (QED) is 0.561. The highest BCUT2D eigenvalue weighted by molar-refractivity contribution is 5.98. The number of aromatic nitrogens is 2. The van der Waals surface area contributed by atoms with Crippen molar-refractivity contribution in [3.63, 3.8) is 0 Å². The predicted octanol–water partition coefficient (Wildman–Crippen LogP) is 0.738. The molecule has 0 saturated heterocycles. The minimum Gasteiger partial charge on any atom is -0.398 e. The van der Waals surface area contributed by atoms with E-state index >= 15 is 0 Å². The van der Waals surface area contributed by atoms with Crippen LogP contribution in [0.15, 0.2) is 18.2 Å². The summed E-state index contributed by atoms with van der Waals surface area (Å²) in [5, 5.41) is 4.91. The molecule has 0 aliphatic carbocycles. The van der Waals surface area contributed by atoms with Crippen LogP contribution in [0.5, 0.6) is 0 Å². The minimum atomic E-state index is 0.491. The van der Waals surface area contributed by atoms with Gasteiger partial charge >= 0.3 is 0 Å². The Morgan fingerprint density at radius 2 is 2.08 bits per heavy atom. The van der Waals surface area contributed by atoms with E-state index in [1.165, 1.54) is 0 Å². The summed E-state index contributed by atoms with van der Waals surface area (Å²) in [6, 6.07) is 5.65. The van der Waals surface area contributed by atoms with Crippen LogP contribution < -0.4 is 11.5 Å². The van der Waals surface area contributed by atoms with Crippen LogP contribution in [0.4, 0.5) is 11.5 Å². The Balaban J connectivity index is 2.99. The van der Waals surface area contributed by atoms with Crippen LogP contribution in [0.2, 0.25) is 0 Å². The van der Waals surface area contributed by atoms with Gasteiger partial charge in [-0.25, -0.2) is 0 Å². The zero-order valence-corrected chi connectivity index (χ0v) is 6.78. The molecule has 2 aromatic rings. The molecule has 4 heteroatoms. The number of fused-ring (bicyclic) bond motifs is 1. The standard InChI is InChI=1S/C8H10N4/c1-12-6-4-2-3-5(9)7(6)8(10)11-12/h2-4H,9H2,1H3,(H2,10,11). The van der Waals surface area contributed by atoms with Crippen LogP contribution in [0.3, 0.4) is 0 Å². The minimum absolute atomic E-state index is 0.491. The monoisotopic (exact) mass is 162 g/mol. The van der Waals surface area contributed by atoms with Gasteiger partial charge in [0.25, 0.3) is 0 Å². The molecule has 0 aliphatic rings. The number of aryl methyl sites for hydroxylation is 1. The van der Waals surface area contributed by atoms with Crippen molar-refractivity contribution in [3.8, 4) is 0 Å². The Morgan fingerprint density at radius 1 is 1.33 bits per heavy atom. The van der Waals surface area contributed by atoms with E-state index in [2.05, 4.69) is 5.10 Å². The summed E-state index contributed by atoms with van der Waals surface area (Å²) in [6.07, 6.45) is 0. The first-order chi connectivity index (χ1) is 5.70. The van der Waals surface area contributed by atoms with Crippen LogP contribution >= 0.6 is 0 Å². The molecule has 0 saturated carbocycles. The first-order valence-electron chi connectivity index (χ1n) is 3.67. The molecule has 0 unspecified atom stereocenters. The number of nitrogens with zero attached hydrogens (tertiary/aromatic N) is 2. The maximum atomic E-state index is 5.74. The van der Waals surface area contributed by atoms with E-state index in [1.54, 1.807) is 4.68 Å². The van der Waals surface area contributed by atoms with Crippen molar-refractivity contribution < 1.29 is 0 Å². The fourth-order valence-electron chi connectivity index (χ4n) is 1.37. The highest BCUT2D eigenvalue weighted by Gasteiger charge is 2.06. The van der Waals surface area contributed by atoms with Gasteiger partial charge in [0.05, 0.1) is 10.9 Å². The predicted molar refractivity (Wildman–Crippen MR) is 49.5 cm³/mol. The molecular weight excluding hydrogens is 152 g/mol. The highest BCUT2D eigenvalue weighted by atomic mass is 15.3. The second kappa shape index (κ2) is 2.14. The molecular formula is C8H10N4. The summed E-state index contributed by atoms with van der Waals surface area (Å²) in [5.74, 6) is 0.491. The Labute approximate surface area is 69.8 Å². The van der Waals surface area contributed by atoms with Gasteiger partial charge in [0.2, 0.25) is 0 Å². The zero-order chi connectivity index (χ0) is 8.72. The van der Waals surface area contributed by atoms with E-state index in [9.17, 15) is 0 Å². The SMILES string of the molecule is Cn1nc(N)c2c(N)cccc21. The van der Waals surface area contributed by atoms with Crippen molar-refractivity contribution in [1.29, 1.82) is 0 Å². The summed E-state index contributed by atoms with van der Waals surface area (Å²) in [7, 11) is 1.85. The van der Waals surface area contributed by atoms with Gasteiger partial charge in [-0.3, -0.25) is 4.68 Å². The normalized spacial score (nSPS) is 10.8. The van der Waals surface area contributed by atoms with Gasteiger partial charge in [-0.1, -0.05) is 6.07 Å². The van der Waals surface area contributed by atoms with E-state index in [1.807, 2.05) is 25.2 Å². The van der Waals surface area contributed by atoms with Gasteiger partial charge in [-0.05, 0) is 12.1 Å². The molecule has 4 nitrogen and oxygen atoms in total. The lowest BCUT2D eigenvalue weighted by atomic mass is 10.2. The molecule has 1 heterocycles. The summed E-state index contributed by atoms with van der Waals surface area (Å²) >= 11 is 0. The van der Waals surface area contributed by atoms with Crippen LogP contribution in [0.1, 0.15) is 0 Å². The first kappa shape index (κ1) is 6.97. The van der Waals surface area contributed by atoms with E-state index in [-0.39, 0.29) is 0 Å². The third-order valence-corrected chi connectivity index (χ3v) is 1.94. The van der Waals surface area contributed by atoms with Gasteiger partial charge < -0.3 is 11.5 Å². The average Bonchev–Trinajstić information content (AvgIpc) is 2.29. The second-order valence-corrected chi connectivity index (χ2v) is 2.75. The molecule has 0 bridgehead atoms. The molecule has 1 aromatic heterocycles. The zero-order valence-electron chi connectivity index (χ0n) is 6.78. The molecule has 0 amide bonds. The number of hydrogen-bond donors (Lipinski definition) is 2. The smallest absolute Gasteiger partial charge is 0.155 e. The number of anilines is 2. The summed E-state index contributed by atoms with van der Waals surface area (Å²) in [6.45, 7) is 0. The number of benzene rings is 1. The molecule has 0 atom stereocenters. The summed E-state index contributed by atoms with van der Waals surface area (Å²) < 4.78 is 1.72. The molecule has 0 fully saturated rings. The molecule has 62 valence electrons. The van der Waals surface area contributed by atoms with Crippen LogP contribution in [-0.4, -0.2) is 9.78 Å². The Kier molecular flexibility index (Phi) is 1.24. The Morgan fingerprint density at radius 3 is 2.75 bits per heavy atom. The third-order valence-electron chi connectivity index (χ3n) is 1.94. The van der Waals surface area contributed by atoms with Crippen molar-refractivity contribution in [2.75, 3.05) is 11.5 Å². The molecule has 0 aliphatic heterocycles. The number of hydrogen-bond acceptors (Lipinski definition) is 3. The number of rotatable bonds is 0. The fraction of sp³-hybridized carbons (Fsp3) is 0.125. The maximum absolute atomic E-state index is 5.74. The number of nitrogen functional groups attached to an aromatic ring is 2. The summed E-state index contributed by atoms with van der Waals surface area (Å²) in [4.78, 5) is 0. The van der Waals surface area contributed by atoms with Gasteiger partial charge in [-0.2, -0.15) is 5.10 Å². The number of nitrogens with two attached hydrogens (primary N) is 2. The van der Waals surface area contributed by atoms with Crippen LogP contribution in [0, 0.1) is 0 Å². The lowest BCUT2D eigenvalue weighted by Crippen LogP contribution is -1.91. The highest BCUT2D eigenvalue weighted by Crippen LogP contribution is 2.25. The van der Waals surface area contributed by atoms with E-state index in [0.29, 0.717) is 11.5 Å². The van der Waals surface area contributed by atoms with E-state index in [4.69, 9.17) is 11.5 Å². The van der Waals surface area contributed by atoms with Crippen molar-refractivity contribution in [1.82, 2.24) is 9.78 Å². The Hall–Kier alpha value is -1.71. The lowest BCUT2D eigenvalue weighted by molar-refractivity contribution is 0.802. The van der Waals surface area contributed by atoms with Gasteiger partial charge in [0, 0.05) is 12.7 Å². The fourth-order valence-corrected chi connectivity index (χ4v) is 1.37. The molecule has 0 spiro atoms. The van der Waals surface area contributed by atoms with Gasteiger partial charge in [0.15, 0.2) is 5.82 Å². The third kappa shape index (κ3) is 0.747. The van der Waals surface area contributed by atoms with Crippen LogP contribution in [-0.2, 0) is 7.05 Å². The first-order valence-corrected chi connectivity index (χ1v) is 3.67.